The first-order valence-corrected chi connectivity index (χ1v) is 5.04. The Morgan fingerprint density at radius 1 is 1.69 bits per heavy atom. The smallest absolute Gasteiger partial charge is 0.263 e. The van der Waals surface area contributed by atoms with E-state index in [4.69, 9.17) is 16.3 Å². The van der Waals surface area contributed by atoms with Crippen LogP contribution < -0.4 is 5.32 Å². The van der Waals surface area contributed by atoms with Gasteiger partial charge in [0.25, 0.3) is 5.91 Å². The number of carbonyl (C=O) groups excluding carboxylic acids is 1. The number of halogens is 1. The Hall–Kier alpha value is -0.580. The lowest BCUT2D eigenvalue weighted by Gasteiger charge is -2.01. The molecule has 1 heterocycles. The molecule has 0 aliphatic carbocycles. The molecule has 0 aliphatic heterocycles. The number of nitrogens with one attached hydrogen (secondary N) is 1. The molecule has 0 aromatic carbocycles. The number of thiophene rings is 1. The van der Waals surface area contributed by atoms with Crippen molar-refractivity contribution in [2.45, 2.75) is 6.92 Å². The fraction of sp³-hybridized carbons (Fsp3) is 0.375. The molecule has 0 fully saturated rings. The SMILES string of the molecule is CCOCNC(=O)c1ccc(Cl)s1. The average Bonchev–Trinajstić information content (AvgIpc) is 2.52. The van der Waals surface area contributed by atoms with E-state index < -0.39 is 0 Å². The summed E-state index contributed by atoms with van der Waals surface area (Å²) in [6.07, 6.45) is 0. The van der Waals surface area contributed by atoms with E-state index in [2.05, 4.69) is 5.32 Å². The Labute approximate surface area is 85.7 Å². The minimum absolute atomic E-state index is 0.148. The topological polar surface area (TPSA) is 38.3 Å². The third-order valence-corrected chi connectivity index (χ3v) is 2.57. The van der Waals surface area contributed by atoms with Crippen LogP contribution in [0.3, 0.4) is 0 Å². The fourth-order valence-corrected chi connectivity index (χ4v) is 1.70. The van der Waals surface area contributed by atoms with Crippen LogP contribution in [-0.2, 0) is 4.74 Å². The molecule has 0 bridgehead atoms. The summed E-state index contributed by atoms with van der Waals surface area (Å²) in [5.41, 5.74) is 0. The number of amides is 1. The fourth-order valence-electron chi connectivity index (χ4n) is 0.742. The molecule has 1 amide bonds. The molecule has 3 nitrogen and oxygen atoms in total. The Bertz CT molecular complexity index is 287. The van der Waals surface area contributed by atoms with E-state index in [9.17, 15) is 4.79 Å². The molecule has 0 saturated carbocycles. The van der Waals surface area contributed by atoms with Crippen LogP contribution in [-0.4, -0.2) is 19.2 Å². The summed E-state index contributed by atoms with van der Waals surface area (Å²) in [6.45, 7) is 2.70. The lowest BCUT2D eigenvalue weighted by molar-refractivity contribution is 0.0821. The van der Waals surface area contributed by atoms with Gasteiger partial charge in [0.05, 0.1) is 9.21 Å². The molecule has 72 valence electrons. The Kier molecular flexibility index (Phi) is 4.21. The minimum Gasteiger partial charge on any atom is -0.362 e. The molecular weight excluding hydrogens is 210 g/mol. The van der Waals surface area contributed by atoms with Gasteiger partial charge in [-0.2, -0.15) is 0 Å². The lowest BCUT2D eigenvalue weighted by atomic mass is 10.4. The van der Waals surface area contributed by atoms with Crippen molar-refractivity contribution < 1.29 is 9.53 Å². The number of rotatable bonds is 4. The van der Waals surface area contributed by atoms with E-state index in [0.29, 0.717) is 15.8 Å². The maximum atomic E-state index is 11.3. The highest BCUT2D eigenvalue weighted by atomic mass is 35.5. The normalized spacial score (nSPS) is 10.0. The Balaban J connectivity index is 2.40. The Morgan fingerprint density at radius 3 is 3.00 bits per heavy atom. The van der Waals surface area contributed by atoms with Crippen LogP contribution in [0.2, 0.25) is 4.34 Å². The van der Waals surface area contributed by atoms with Crippen molar-refractivity contribution in [1.82, 2.24) is 5.32 Å². The highest BCUT2D eigenvalue weighted by Crippen LogP contribution is 2.20. The van der Waals surface area contributed by atoms with E-state index in [0.717, 1.165) is 0 Å². The summed E-state index contributed by atoms with van der Waals surface area (Å²) < 4.78 is 5.58. The minimum atomic E-state index is -0.148. The number of hydrogen-bond donors (Lipinski definition) is 1. The van der Waals surface area contributed by atoms with Gasteiger partial charge in [0.1, 0.15) is 6.73 Å². The van der Waals surface area contributed by atoms with E-state index >= 15 is 0 Å². The molecule has 1 aromatic heterocycles. The monoisotopic (exact) mass is 219 g/mol. The molecule has 0 spiro atoms. The molecule has 0 unspecified atom stereocenters. The molecule has 0 atom stereocenters. The molecule has 0 radical (unpaired) electrons. The third-order valence-electron chi connectivity index (χ3n) is 1.34. The van der Waals surface area contributed by atoms with Crippen molar-refractivity contribution in [2.75, 3.05) is 13.3 Å². The summed E-state index contributed by atoms with van der Waals surface area (Å²) in [6, 6.07) is 3.39. The number of hydrogen-bond acceptors (Lipinski definition) is 3. The van der Waals surface area contributed by atoms with Gasteiger partial charge in [-0.05, 0) is 19.1 Å². The van der Waals surface area contributed by atoms with Gasteiger partial charge in [-0.25, -0.2) is 0 Å². The molecule has 1 N–H and O–H groups in total. The molecule has 0 aliphatic rings. The van der Waals surface area contributed by atoms with Gasteiger partial charge in [-0.3, -0.25) is 4.79 Å². The molecule has 0 saturated heterocycles. The van der Waals surface area contributed by atoms with E-state index in [-0.39, 0.29) is 12.6 Å². The zero-order valence-corrected chi connectivity index (χ0v) is 8.74. The zero-order chi connectivity index (χ0) is 9.68. The van der Waals surface area contributed by atoms with Crippen molar-refractivity contribution in [3.63, 3.8) is 0 Å². The lowest BCUT2D eigenvalue weighted by Crippen LogP contribution is -2.25. The van der Waals surface area contributed by atoms with Gasteiger partial charge in [0.15, 0.2) is 0 Å². The van der Waals surface area contributed by atoms with E-state index in [1.54, 1.807) is 12.1 Å². The van der Waals surface area contributed by atoms with Crippen LogP contribution in [0.15, 0.2) is 12.1 Å². The van der Waals surface area contributed by atoms with Crippen molar-refractivity contribution in [3.05, 3.63) is 21.3 Å². The van der Waals surface area contributed by atoms with Crippen molar-refractivity contribution in [2.24, 2.45) is 0 Å². The van der Waals surface area contributed by atoms with Gasteiger partial charge in [-0.1, -0.05) is 11.6 Å². The summed E-state index contributed by atoms with van der Waals surface area (Å²) in [5, 5.41) is 2.60. The summed E-state index contributed by atoms with van der Waals surface area (Å²) in [7, 11) is 0. The van der Waals surface area contributed by atoms with Gasteiger partial charge in [0.2, 0.25) is 0 Å². The number of carbonyl (C=O) groups is 1. The predicted molar refractivity (Wildman–Crippen MR) is 53.3 cm³/mol. The first kappa shape index (κ1) is 10.5. The molecular formula is C8H10ClNO2S. The highest BCUT2D eigenvalue weighted by Gasteiger charge is 2.06. The molecule has 13 heavy (non-hydrogen) atoms. The van der Waals surface area contributed by atoms with Crippen LogP contribution in [0.1, 0.15) is 16.6 Å². The maximum absolute atomic E-state index is 11.3. The van der Waals surface area contributed by atoms with Crippen LogP contribution in [0.5, 0.6) is 0 Å². The second-order valence-corrected chi connectivity index (χ2v) is 3.96. The summed E-state index contributed by atoms with van der Waals surface area (Å²) in [5.74, 6) is -0.148. The Morgan fingerprint density at radius 2 is 2.46 bits per heavy atom. The van der Waals surface area contributed by atoms with E-state index in [1.807, 2.05) is 6.92 Å². The van der Waals surface area contributed by atoms with Gasteiger partial charge in [0, 0.05) is 6.61 Å². The van der Waals surface area contributed by atoms with Crippen molar-refractivity contribution in [1.29, 1.82) is 0 Å². The second kappa shape index (κ2) is 5.21. The van der Waals surface area contributed by atoms with Crippen LogP contribution in [0.25, 0.3) is 0 Å². The molecule has 5 heteroatoms. The number of ether oxygens (including phenoxy) is 1. The molecule has 1 aromatic rings. The summed E-state index contributed by atoms with van der Waals surface area (Å²) >= 11 is 6.92. The first-order valence-electron chi connectivity index (χ1n) is 3.85. The largest absolute Gasteiger partial charge is 0.362 e. The van der Waals surface area contributed by atoms with Gasteiger partial charge in [-0.15, -0.1) is 11.3 Å². The molecule has 1 rings (SSSR count). The maximum Gasteiger partial charge on any atom is 0.263 e. The van der Waals surface area contributed by atoms with Gasteiger partial charge < -0.3 is 10.1 Å². The van der Waals surface area contributed by atoms with Crippen LogP contribution in [0, 0.1) is 0 Å². The van der Waals surface area contributed by atoms with Crippen molar-refractivity contribution >= 4 is 28.8 Å². The van der Waals surface area contributed by atoms with Crippen LogP contribution in [0.4, 0.5) is 0 Å². The third kappa shape index (κ3) is 3.34. The van der Waals surface area contributed by atoms with Crippen LogP contribution >= 0.6 is 22.9 Å². The quantitative estimate of drug-likeness (QED) is 0.622. The second-order valence-electron chi connectivity index (χ2n) is 2.25. The van der Waals surface area contributed by atoms with E-state index in [1.165, 1.54) is 11.3 Å². The standard InChI is InChI=1S/C8H10ClNO2S/c1-2-12-5-10-8(11)6-3-4-7(9)13-6/h3-4H,2,5H2,1H3,(H,10,11). The highest BCUT2D eigenvalue weighted by molar-refractivity contribution is 7.17. The first-order chi connectivity index (χ1) is 6.24. The summed E-state index contributed by atoms with van der Waals surface area (Å²) in [4.78, 5) is 11.9. The predicted octanol–water partition coefficient (Wildman–Crippen LogP) is 2.13. The zero-order valence-electron chi connectivity index (χ0n) is 7.17. The van der Waals surface area contributed by atoms with Gasteiger partial charge >= 0.3 is 0 Å². The van der Waals surface area contributed by atoms with Crippen molar-refractivity contribution in [3.8, 4) is 0 Å². The average molecular weight is 220 g/mol.